The molecule has 0 aromatic carbocycles. The molecular weight excluding hydrogens is 446 g/mol. The number of pyridine rings is 2. The van der Waals surface area contributed by atoms with Crippen LogP contribution in [-0.4, -0.2) is 65.5 Å². The van der Waals surface area contributed by atoms with E-state index in [0.29, 0.717) is 59.9 Å². The Bertz CT molecular complexity index is 1370. The van der Waals surface area contributed by atoms with Crippen molar-refractivity contribution in [2.75, 3.05) is 37.8 Å². The molecule has 4 heterocycles. The Balaban J connectivity index is 1.80. The quantitative estimate of drug-likeness (QED) is 0.600. The van der Waals surface area contributed by atoms with Gasteiger partial charge in [-0.3, -0.25) is 14.5 Å². The lowest BCUT2D eigenvalue weighted by Crippen LogP contribution is -2.48. The number of hydrogen-bond donors (Lipinski definition) is 1. The first kappa shape index (κ1) is 23.1. The standard InChI is InChI=1S/C22H27N5O5S/c1-14(26-9-11-27(12-10-26)33(4,30)31)21-19(16-5-7-23-18(13-16)24-15(2)28)20-17(32-21)6-8-25(3)22(20)29/h5-8,13-14H,9-12H2,1-4H3,(H,23,24,28). The number of carbonyl (C=O) groups excluding carboxylic acids is 1. The number of aromatic nitrogens is 2. The van der Waals surface area contributed by atoms with Crippen LogP contribution in [0.1, 0.15) is 25.6 Å². The number of nitrogens with zero attached hydrogens (tertiary/aromatic N) is 4. The van der Waals surface area contributed by atoms with Gasteiger partial charge in [0, 0.05) is 58.1 Å². The Morgan fingerprint density at radius 2 is 1.91 bits per heavy atom. The summed E-state index contributed by atoms with van der Waals surface area (Å²) in [5.41, 5.74) is 1.64. The monoisotopic (exact) mass is 473 g/mol. The molecule has 1 aliphatic rings. The van der Waals surface area contributed by atoms with Gasteiger partial charge in [0.05, 0.1) is 17.7 Å². The number of furan rings is 1. The second-order valence-corrected chi connectivity index (χ2v) is 10.3. The molecule has 1 atom stereocenters. The molecule has 3 aromatic heterocycles. The molecular formula is C22H27N5O5S. The second kappa shape index (κ2) is 8.73. The second-order valence-electron chi connectivity index (χ2n) is 8.30. The van der Waals surface area contributed by atoms with E-state index in [4.69, 9.17) is 4.42 Å². The van der Waals surface area contributed by atoms with Crippen LogP contribution in [0, 0.1) is 0 Å². The lowest BCUT2D eigenvalue weighted by atomic mass is 9.99. The van der Waals surface area contributed by atoms with Crippen molar-refractivity contribution in [1.29, 1.82) is 0 Å². The number of fused-ring (bicyclic) bond motifs is 1. The molecule has 0 radical (unpaired) electrons. The molecule has 1 N–H and O–H groups in total. The molecule has 4 rings (SSSR count). The molecule has 1 unspecified atom stereocenters. The van der Waals surface area contributed by atoms with Crippen LogP contribution in [0.2, 0.25) is 0 Å². The highest BCUT2D eigenvalue weighted by atomic mass is 32.2. The molecule has 176 valence electrons. The summed E-state index contributed by atoms with van der Waals surface area (Å²) in [7, 11) is -1.56. The first-order chi connectivity index (χ1) is 15.6. The topological polar surface area (TPSA) is 118 Å². The van der Waals surface area contributed by atoms with Gasteiger partial charge in [-0.05, 0) is 30.7 Å². The van der Waals surface area contributed by atoms with Crippen LogP contribution >= 0.6 is 0 Å². The van der Waals surface area contributed by atoms with Gasteiger partial charge >= 0.3 is 0 Å². The number of rotatable bonds is 5. The Labute approximate surface area is 191 Å². The van der Waals surface area contributed by atoms with Gasteiger partial charge in [0.2, 0.25) is 15.9 Å². The van der Waals surface area contributed by atoms with E-state index >= 15 is 0 Å². The summed E-state index contributed by atoms with van der Waals surface area (Å²) in [6.07, 6.45) is 4.45. The van der Waals surface area contributed by atoms with Crippen LogP contribution in [0.3, 0.4) is 0 Å². The third-order valence-electron chi connectivity index (χ3n) is 5.97. The molecule has 1 aliphatic heterocycles. The number of nitrogens with one attached hydrogen (secondary N) is 1. The summed E-state index contributed by atoms with van der Waals surface area (Å²) >= 11 is 0. The molecule has 0 spiro atoms. The maximum Gasteiger partial charge on any atom is 0.262 e. The zero-order valence-electron chi connectivity index (χ0n) is 19.0. The van der Waals surface area contributed by atoms with E-state index in [1.54, 1.807) is 37.6 Å². The number of anilines is 1. The number of aryl methyl sites for hydroxylation is 1. The highest BCUT2D eigenvalue weighted by molar-refractivity contribution is 7.88. The van der Waals surface area contributed by atoms with Crippen molar-refractivity contribution < 1.29 is 17.6 Å². The molecule has 1 saturated heterocycles. The van der Waals surface area contributed by atoms with Crippen LogP contribution in [-0.2, 0) is 21.9 Å². The SMILES string of the molecule is CC(=O)Nc1cc(-c2c(C(C)N3CCN(S(C)(=O)=O)CC3)oc3ccn(C)c(=O)c23)ccn1. The zero-order chi connectivity index (χ0) is 23.9. The first-order valence-corrected chi connectivity index (χ1v) is 12.5. The van der Waals surface area contributed by atoms with Crippen molar-refractivity contribution in [2.45, 2.75) is 19.9 Å². The van der Waals surface area contributed by atoms with Crippen molar-refractivity contribution in [2.24, 2.45) is 7.05 Å². The van der Waals surface area contributed by atoms with E-state index < -0.39 is 10.0 Å². The number of piperazine rings is 1. The third kappa shape index (κ3) is 4.56. The Morgan fingerprint density at radius 3 is 2.55 bits per heavy atom. The van der Waals surface area contributed by atoms with Crippen molar-refractivity contribution in [1.82, 2.24) is 18.8 Å². The van der Waals surface area contributed by atoms with Crippen LogP contribution in [0.4, 0.5) is 5.82 Å². The minimum Gasteiger partial charge on any atom is -0.458 e. The Morgan fingerprint density at radius 1 is 1.21 bits per heavy atom. The first-order valence-electron chi connectivity index (χ1n) is 10.6. The maximum atomic E-state index is 13.1. The highest BCUT2D eigenvalue weighted by Crippen LogP contribution is 2.39. The van der Waals surface area contributed by atoms with Crippen molar-refractivity contribution >= 4 is 32.7 Å². The minimum atomic E-state index is -3.24. The van der Waals surface area contributed by atoms with Gasteiger partial charge < -0.3 is 14.3 Å². The molecule has 33 heavy (non-hydrogen) atoms. The van der Waals surface area contributed by atoms with Gasteiger partial charge in [-0.1, -0.05) is 0 Å². The summed E-state index contributed by atoms with van der Waals surface area (Å²) in [5, 5.41) is 3.13. The van der Waals surface area contributed by atoms with Gasteiger partial charge in [-0.2, -0.15) is 4.31 Å². The summed E-state index contributed by atoms with van der Waals surface area (Å²) < 4.78 is 33.0. The summed E-state index contributed by atoms with van der Waals surface area (Å²) in [5.74, 6) is 0.744. The Kier molecular flexibility index (Phi) is 6.12. The van der Waals surface area contributed by atoms with Gasteiger partial charge in [-0.15, -0.1) is 0 Å². The van der Waals surface area contributed by atoms with Crippen LogP contribution in [0.15, 0.2) is 39.8 Å². The van der Waals surface area contributed by atoms with Crippen LogP contribution in [0.25, 0.3) is 22.1 Å². The molecule has 0 saturated carbocycles. The summed E-state index contributed by atoms with van der Waals surface area (Å²) in [4.78, 5) is 30.9. The molecule has 1 fully saturated rings. The number of carbonyl (C=O) groups is 1. The Hall–Kier alpha value is -3.02. The van der Waals surface area contributed by atoms with E-state index in [-0.39, 0.29) is 17.5 Å². The summed E-state index contributed by atoms with van der Waals surface area (Å²) in [6, 6.07) is 5.04. The smallest absolute Gasteiger partial charge is 0.262 e. The fraction of sp³-hybridized carbons (Fsp3) is 0.409. The van der Waals surface area contributed by atoms with Crippen molar-refractivity contribution in [3.8, 4) is 11.1 Å². The average Bonchev–Trinajstić information content (AvgIpc) is 3.15. The number of sulfonamides is 1. The minimum absolute atomic E-state index is 0.190. The molecule has 3 aromatic rings. The van der Waals surface area contributed by atoms with E-state index in [9.17, 15) is 18.0 Å². The lowest BCUT2D eigenvalue weighted by Gasteiger charge is -2.36. The molecule has 1 amide bonds. The maximum absolute atomic E-state index is 13.1. The fourth-order valence-electron chi connectivity index (χ4n) is 4.22. The molecule has 0 bridgehead atoms. The number of amides is 1. The lowest BCUT2D eigenvalue weighted by molar-refractivity contribution is -0.114. The van der Waals surface area contributed by atoms with Crippen LogP contribution in [0.5, 0.6) is 0 Å². The van der Waals surface area contributed by atoms with Crippen molar-refractivity contribution in [3.05, 3.63) is 46.7 Å². The van der Waals surface area contributed by atoms with E-state index in [1.807, 2.05) is 6.92 Å². The average molecular weight is 474 g/mol. The molecule has 11 heteroatoms. The van der Waals surface area contributed by atoms with E-state index in [0.717, 1.165) is 0 Å². The van der Waals surface area contributed by atoms with E-state index in [2.05, 4.69) is 15.2 Å². The molecule has 0 aliphatic carbocycles. The predicted octanol–water partition coefficient (Wildman–Crippen LogP) is 1.79. The van der Waals surface area contributed by atoms with Gasteiger partial charge in [0.25, 0.3) is 5.56 Å². The van der Waals surface area contributed by atoms with Crippen LogP contribution < -0.4 is 10.9 Å². The highest BCUT2D eigenvalue weighted by Gasteiger charge is 2.31. The largest absolute Gasteiger partial charge is 0.458 e. The van der Waals surface area contributed by atoms with Gasteiger partial charge in [0.15, 0.2) is 0 Å². The zero-order valence-corrected chi connectivity index (χ0v) is 19.8. The fourth-order valence-corrected chi connectivity index (χ4v) is 5.05. The molecule has 10 nitrogen and oxygen atoms in total. The van der Waals surface area contributed by atoms with E-state index in [1.165, 1.54) is 22.1 Å². The summed E-state index contributed by atoms with van der Waals surface area (Å²) in [6.45, 7) is 5.25. The van der Waals surface area contributed by atoms with Gasteiger partial charge in [0.1, 0.15) is 17.2 Å². The number of hydrogen-bond acceptors (Lipinski definition) is 7. The predicted molar refractivity (Wildman–Crippen MR) is 125 cm³/mol. The normalized spacial score (nSPS) is 16.7. The third-order valence-corrected chi connectivity index (χ3v) is 7.27. The van der Waals surface area contributed by atoms with Gasteiger partial charge in [-0.25, -0.2) is 13.4 Å². The van der Waals surface area contributed by atoms with Crippen molar-refractivity contribution in [3.63, 3.8) is 0 Å².